The van der Waals surface area contributed by atoms with Crippen molar-refractivity contribution in [2.75, 3.05) is 26.7 Å². The van der Waals surface area contributed by atoms with E-state index in [1.807, 2.05) is 30.3 Å². The number of nitrogens with one attached hydrogen (secondary N) is 1. The van der Waals surface area contributed by atoms with Gasteiger partial charge in [0.15, 0.2) is 0 Å². The second-order valence-electron chi connectivity index (χ2n) is 7.28. The van der Waals surface area contributed by atoms with Gasteiger partial charge in [-0.3, -0.25) is 4.79 Å². The van der Waals surface area contributed by atoms with E-state index in [2.05, 4.69) is 15.3 Å². The van der Waals surface area contributed by atoms with Crippen molar-refractivity contribution in [2.45, 2.75) is 31.9 Å². The summed E-state index contributed by atoms with van der Waals surface area (Å²) in [4.78, 5) is 15.3. The molecule has 1 saturated carbocycles. The van der Waals surface area contributed by atoms with Gasteiger partial charge in [-0.2, -0.15) is 5.10 Å². The smallest absolute Gasteiger partial charge is 0.254 e. The number of hydrogen-bond donors (Lipinski definition) is 1. The summed E-state index contributed by atoms with van der Waals surface area (Å²) < 4.78 is 7.10. The van der Waals surface area contributed by atoms with Crippen molar-refractivity contribution < 1.29 is 9.53 Å². The Balaban J connectivity index is 1.43. The third-order valence-electron chi connectivity index (χ3n) is 5.33. The molecule has 1 aliphatic heterocycles. The summed E-state index contributed by atoms with van der Waals surface area (Å²) in [6.45, 7) is 3.35. The van der Waals surface area contributed by atoms with Gasteiger partial charge in [0.25, 0.3) is 5.91 Å². The van der Waals surface area contributed by atoms with E-state index in [0.717, 1.165) is 30.5 Å². The molecule has 4 rings (SSSR count). The lowest BCUT2D eigenvalue weighted by Crippen LogP contribution is -2.32. The van der Waals surface area contributed by atoms with E-state index >= 15 is 0 Å². The lowest BCUT2D eigenvalue weighted by molar-refractivity contribution is 0.0942. The summed E-state index contributed by atoms with van der Waals surface area (Å²) in [6, 6.07) is 10.6. The number of benzene rings is 1. The molecule has 1 N–H and O–H groups in total. The maximum Gasteiger partial charge on any atom is 0.254 e. The fourth-order valence-corrected chi connectivity index (χ4v) is 3.76. The molecule has 6 heteroatoms. The van der Waals surface area contributed by atoms with Crippen molar-refractivity contribution in [3.63, 3.8) is 0 Å². The van der Waals surface area contributed by atoms with Gasteiger partial charge in [0.2, 0.25) is 0 Å². The molecule has 6 nitrogen and oxygen atoms in total. The number of hydrogen-bond acceptors (Lipinski definition) is 4. The molecule has 1 aliphatic carbocycles. The van der Waals surface area contributed by atoms with Crippen molar-refractivity contribution in [3.8, 4) is 5.69 Å². The van der Waals surface area contributed by atoms with Gasteiger partial charge in [0, 0.05) is 26.2 Å². The van der Waals surface area contributed by atoms with Gasteiger partial charge in [-0.25, -0.2) is 4.68 Å². The van der Waals surface area contributed by atoms with Crippen LogP contribution in [-0.2, 0) is 11.3 Å². The number of aromatic nitrogens is 2. The highest BCUT2D eigenvalue weighted by atomic mass is 16.5. The van der Waals surface area contributed by atoms with E-state index in [4.69, 9.17) is 4.74 Å². The largest absolute Gasteiger partial charge is 0.378 e. The topological polar surface area (TPSA) is 59.4 Å². The number of ether oxygens (including phenoxy) is 1. The minimum atomic E-state index is -0.0656. The molecular formula is C20H26N4O2. The highest BCUT2D eigenvalue weighted by Crippen LogP contribution is 2.31. The van der Waals surface area contributed by atoms with Crippen LogP contribution in [0.2, 0.25) is 0 Å². The third kappa shape index (κ3) is 3.66. The summed E-state index contributed by atoms with van der Waals surface area (Å²) in [5.74, 6) is 0.485. The molecule has 1 aromatic heterocycles. The number of para-hydroxylation sites is 1. The van der Waals surface area contributed by atoms with Gasteiger partial charge in [-0.1, -0.05) is 18.2 Å². The van der Waals surface area contributed by atoms with Gasteiger partial charge in [-0.05, 0) is 43.9 Å². The van der Waals surface area contributed by atoms with Crippen LogP contribution < -0.4 is 5.32 Å². The minimum Gasteiger partial charge on any atom is -0.378 e. The maximum atomic E-state index is 12.7. The zero-order valence-corrected chi connectivity index (χ0v) is 15.2. The van der Waals surface area contributed by atoms with E-state index in [1.165, 1.54) is 25.8 Å². The van der Waals surface area contributed by atoms with Gasteiger partial charge in [0.05, 0.1) is 29.7 Å². The number of carbonyl (C=O) groups excluding carboxylic acids is 1. The summed E-state index contributed by atoms with van der Waals surface area (Å²) in [6.07, 6.45) is 5.50. The Morgan fingerprint density at radius 3 is 2.81 bits per heavy atom. The van der Waals surface area contributed by atoms with E-state index in [-0.39, 0.29) is 5.91 Å². The third-order valence-corrected chi connectivity index (χ3v) is 5.33. The molecule has 0 radical (unpaired) electrons. The minimum absolute atomic E-state index is 0.0656. The zero-order valence-electron chi connectivity index (χ0n) is 15.2. The molecule has 26 heavy (non-hydrogen) atoms. The number of amides is 1. The van der Waals surface area contributed by atoms with Crippen LogP contribution in [-0.4, -0.2) is 53.4 Å². The first kappa shape index (κ1) is 17.2. The molecule has 2 aliphatic rings. The summed E-state index contributed by atoms with van der Waals surface area (Å²) in [7, 11) is 1.63. The van der Waals surface area contributed by atoms with E-state index < -0.39 is 0 Å². The highest BCUT2D eigenvalue weighted by Gasteiger charge is 2.34. The molecule has 0 spiro atoms. The van der Waals surface area contributed by atoms with E-state index in [1.54, 1.807) is 18.0 Å². The average Bonchev–Trinajstić information content (AvgIpc) is 3.26. The van der Waals surface area contributed by atoms with Gasteiger partial charge in [-0.15, -0.1) is 0 Å². The summed E-state index contributed by atoms with van der Waals surface area (Å²) in [5, 5.41) is 7.53. The van der Waals surface area contributed by atoms with Crippen molar-refractivity contribution in [1.29, 1.82) is 0 Å². The van der Waals surface area contributed by atoms with Gasteiger partial charge < -0.3 is 15.0 Å². The molecule has 1 saturated heterocycles. The maximum absolute atomic E-state index is 12.7. The quantitative estimate of drug-likeness (QED) is 0.828. The van der Waals surface area contributed by atoms with Crippen LogP contribution in [0.5, 0.6) is 0 Å². The standard InChI is InChI=1S/C20H26N4O2/c1-26-14-19-18(12-22-24(19)17-5-3-2-4-6-17)20(25)21-11-15-9-10-23(13-15)16-7-8-16/h2-6,12,15-16H,7-11,13-14H2,1H3,(H,21,25). The zero-order chi connectivity index (χ0) is 17.9. The average molecular weight is 354 g/mol. The van der Waals surface area contributed by atoms with Crippen molar-refractivity contribution in [2.24, 2.45) is 5.92 Å². The second kappa shape index (κ2) is 7.60. The molecule has 1 unspecified atom stereocenters. The number of likely N-dealkylation sites (tertiary alicyclic amines) is 1. The number of nitrogens with zero attached hydrogens (tertiary/aromatic N) is 3. The molecular weight excluding hydrogens is 328 g/mol. The van der Waals surface area contributed by atoms with E-state index in [9.17, 15) is 4.79 Å². The molecule has 1 aromatic carbocycles. The van der Waals surface area contributed by atoms with Crippen molar-refractivity contribution >= 4 is 5.91 Å². The Bertz CT molecular complexity index is 754. The molecule has 138 valence electrons. The molecule has 2 fully saturated rings. The Morgan fingerprint density at radius 2 is 2.08 bits per heavy atom. The van der Waals surface area contributed by atoms with Crippen LogP contribution in [0, 0.1) is 5.92 Å². The highest BCUT2D eigenvalue weighted by molar-refractivity contribution is 5.95. The Morgan fingerprint density at radius 1 is 1.27 bits per heavy atom. The SMILES string of the molecule is COCc1c(C(=O)NCC2CCN(C3CC3)C2)cnn1-c1ccccc1. The Hall–Kier alpha value is -2.18. The predicted octanol–water partition coefficient (Wildman–Crippen LogP) is 2.23. The fourth-order valence-electron chi connectivity index (χ4n) is 3.76. The van der Waals surface area contributed by atoms with Crippen molar-refractivity contribution in [3.05, 3.63) is 47.8 Å². The number of rotatable bonds is 7. The fraction of sp³-hybridized carbons (Fsp3) is 0.500. The molecule has 1 atom stereocenters. The van der Waals surface area contributed by atoms with Crippen LogP contribution in [0.25, 0.3) is 5.69 Å². The first-order valence-corrected chi connectivity index (χ1v) is 9.39. The predicted molar refractivity (Wildman–Crippen MR) is 99.3 cm³/mol. The van der Waals surface area contributed by atoms with Crippen molar-refractivity contribution in [1.82, 2.24) is 20.0 Å². The van der Waals surface area contributed by atoms with Crippen LogP contribution >= 0.6 is 0 Å². The van der Waals surface area contributed by atoms with Gasteiger partial charge >= 0.3 is 0 Å². The second-order valence-corrected chi connectivity index (χ2v) is 7.28. The summed E-state index contributed by atoms with van der Waals surface area (Å²) >= 11 is 0. The first-order valence-electron chi connectivity index (χ1n) is 9.39. The van der Waals surface area contributed by atoms with Crippen LogP contribution in [0.3, 0.4) is 0 Å². The lowest BCUT2D eigenvalue weighted by atomic mass is 10.1. The van der Waals surface area contributed by atoms with Crippen LogP contribution in [0.4, 0.5) is 0 Å². The lowest BCUT2D eigenvalue weighted by Gasteiger charge is -2.15. The summed E-state index contributed by atoms with van der Waals surface area (Å²) in [5.41, 5.74) is 2.30. The molecule has 2 aromatic rings. The monoisotopic (exact) mass is 354 g/mol. The number of carbonyl (C=O) groups is 1. The molecule has 1 amide bonds. The first-order chi connectivity index (χ1) is 12.8. The normalized spacial score (nSPS) is 20.4. The number of methoxy groups -OCH3 is 1. The van der Waals surface area contributed by atoms with Crippen LogP contribution in [0.1, 0.15) is 35.3 Å². The van der Waals surface area contributed by atoms with Crippen LogP contribution in [0.15, 0.2) is 36.5 Å². The van der Waals surface area contributed by atoms with E-state index in [0.29, 0.717) is 18.1 Å². The van der Waals surface area contributed by atoms with Gasteiger partial charge in [0.1, 0.15) is 0 Å². The Labute approximate surface area is 154 Å². The molecule has 2 heterocycles. The Kier molecular flexibility index (Phi) is 5.04. The molecule has 0 bridgehead atoms.